The molecule has 1 amide bonds. The summed E-state index contributed by atoms with van der Waals surface area (Å²) >= 11 is 0. The Bertz CT molecular complexity index is 900. The van der Waals surface area contributed by atoms with Crippen LogP contribution in [0.2, 0.25) is 0 Å². The van der Waals surface area contributed by atoms with Gasteiger partial charge in [-0.1, -0.05) is 18.2 Å². The van der Waals surface area contributed by atoms with Crippen LogP contribution in [0.4, 0.5) is 5.69 Å². The first kappa shape index (κ1) is 17.1. The second-order valence-corrected chi connectivity index (χ2v) is 6.26. The maximum Gasteiger partial charge on any atom is 0.311 e. The van der Waals surface area contributed by atoms with Gasteiger partial charge in [-0.3, -0.25) is 4.79 Å². The number of piperazine rings is 1. The summed E-state index contributed by atoms with van der Waals surface area (Å²) in [6.45, 7) is 2.71. The van der Waals surface area contributed by atoms with E-state index in [-0.39, 0.29) is 11.8 Å². The lowest BCUT2D eigenvalue weighted by Gasteiger charge is -2.35. The fourth-order valence-corrected chi connectivity index (χ4v) is 3.10. The molecule has 1 aliphatic heterocycles. The monoisotopic (exact) mass is 364 g/mol. The first-order valence-corrected chi connectivity index (χ1v) is 8.82. The molecule has 0 aliphatic carbocycles. The van der Waals surface area contributed by atoms with E-state index < -0.39 is 0 Å². The van der Waals surface area contributed by atoms with Crippen LogP contribution in [0, 0.1) is 0 Å². The Labute approximate surface area is 157 Å². The standard InChI is InChI=1S/C20H20N4O3/c1-26-17-9-7-16(8-10-17)23-11-13-24(14-12-23)20(25)19-22-21-18(27-19)15-5-3-2-4-6-15/h2-10H,11-14H2,1H3. The number of aromatic nitrogens is 2. The molecule has 1 aromatic heterocycles. The largest absolute Gasteiger partial charge is 0.497 e. The molecule has 0 saturated carbocycles. The smallest absolute Gasteiger partial charge is 0.311 e. The van der Waals surface area contributed by atoms with Crippen molar-refractivity contribution in [1.82, 2.24) is 15.1 Å². The molecule has 2 heterocycles. The van der Waals surface area contributed by atoms with E-state index in [1.807, 2.05) is 54.6 Å². The topological polar surface area (TPSA) is 71.7 Å². The van der Waals surface area contributed by atoms with Crippen LogP contribution in [0.15, 0.2) is 59.0 Å². The number of nitrogens with zero attached hydrogens (tertiary/aromatic N) is 4. The van der Waals surface area contributed by atoms with Crippen molar-refractivity contribution in [1.29, 1.82) is 0 Å². The molecule has 7 nitrogen and oxygen atoms in total. The van der Waals surface area contributed by atoms with E-state index in [4.69, 9.17) is 9.15 Å². The van der Waals surface area contributed by atoms with Gasteiger partial charge in [0.1, 0.15) is 5.75 Å². The second kappa shape index (κ2) is 7.49. The van der Waals surface area contributed by atoms with Crippen LogP contribution in [-0.2, 0) is 0 Å². The molecule has 138 valence electrons. The molecular formula is C20H20N4O3. The number of rotatable bonds is 4. The number of amides is 1. The third-order valence-electron chi connectivity index (χ3n) is 4.63. The molecule has 1 saturated heterocycles. The summed E-state index contributed by atoms with van der Waals surface area (Å²) in [4.78, 5) is 16.7. The number of methoxy groups -OCH3 is 1. The summed E-state index contributed by atoms with van der Waals surface area (Å²) in [7, 11) is 1.65. The van der Waals surface area contributed by atoms with E-state index in [0.29, 0.717) is 19.0 Å². The molecule has 3 aromatic rings. The Balaban J connectivity index is 1.39. The van der Waals surface area contributed by atoms with Crippen molar-refractivity contribution in [2.45, 2.75) is 0 Å². The molecular weight excluding hydrogens is 344 g/mol. The van der Waals surface area contributed by atoms with Crippen molar-refractivity contribution in [3.05, 3.63) is 60.5 Å². The summed E-state index contributed by atoms with van der Waals surface area (Å²) in [5.41, 5.74) is 1.92. The molecule has 1 fully saturated rings. The number of carbonyl (C=O) groups excluding carboxylic acids is 1. The highest BCUT2D eigenvalue weighted by atomic mass is 16.5. The predicted molar refractivity (Wildman–Crippen MR) is 101 cm³/mol. The molecule has 0 unspecified atom stereocenters. The molecule has 0 bridgehead atoms. The lowest BCUT2D eigenvalue weighted by molar-refractivity contribution is 0.0707. The first-order chi connectivity index (χ1) is 13.2. The van der Waals surface area contributed by atoms with Gasteiger partial charge in [-0.25, -0.2) is 0 Å². The zero-order chi connectivity index (χ0) is 18.6. The Morgan fingerprint density at radius 3 is 2.33 bits per heavy atom. The zero-order valence-corrected chi connectivity index (χ0v) is 15.0. The number of ether oxygens (including phenoxy) is 1. The SMILES string of the molecule is COc1ccc(N2CCN(C(=O)c3nnc(-c4ccccc4)o3)CC2)cc1. The van der Waals surface area contributed by atoms with E-state index in [2.05, 4.69) is 15.1 Å². The average molecular weight is 364 g/mol. The van der Waals surface area contributed by atoms with Gasteiger partial charge >= 0.3 is 11.8 Å². The van der Waals surface area contributed by atoms with E-state index in [1.165, 1.54) is 0 Å². The van der Waals surface area contributed by atoms with Gasteiger partial charge in [0, 0.05) is 37.4 Å². The summed E-state index contributed by atoms with van der Waals surface area (Å²) in [6, 6.07) is 17.4. The summed E-state index contributed by atoms with van der Waals surface area (Å²) in [6.07, 6.45) is 0. The fourth-order valence-electron chi connectivity index (χ4n) is 3.10. The minimum absolute atomic E-state index is 0.0340. The lowest BCUT2D eigenvalue weighted by Crippen LogP contribution is -2.48. The van der Waals surface area contributed by atoms with Gasteiger partial charge < -0.3 is 19.0 Å². The Morgan fingerprint density at radius 1 is 0.963 bits per heavy atom. The highest BCUT2D eigenvalue weighted by molar-refractivity contribution is 5.90. The highest BCUT2D eigenvalue weighted by Gasteiger charge is 2.26. The van der Waals surface area contributed by atoms with Gasteiger partial charge in [0.2, 0.25) is 5.89 Å². The van der Waals surface area contributed by atoms with E-state index in [9.17, 15) is 4.79 Å². The number of hydrogen-bond donors (Lipinski definition) is 0. The minimum Gasteiger partial charge on any atom is -0.497 e. The first-order valence-electron chi connectivity index (χ1n) is 8.82. The third kappa shape index (κ3) is 3.62. The van der Waals surface area contributed by atoms with Gasteiger partial charge in [-0.15, -0.1) is 10.2 Å². The predicted octanol–water partition coefficient (Wildman–Crippen LogP) is 2.71. The van der Waals surface area contributed by atoms with Crippen molar-refractivity contribution < 1.29 is 13.9 Å². The van der Waals surface area contributed by atoms with Crippen molar-refractivity contribution in [2.24, 2.45) is 0 Å². The van der Waals surface area contributed by atoms with Crippen LogP contribution >= 0.6 is 0 Å². The van der Waals surface area contributed by atoms with Gasteiger partial charge in [-0.05, 0) is 36.4 Å². The average Bonchev–Trinajstić information content (AvgIpc) is 3.24. The van der Waals surface area contributed by atoms with Gasteiger partial charge in [0.15, 0.2) is 0 Å². The number of benzene rings is 2. The van der Waals surface area contributed by atoms with Crippen LogP contribution in [0.25, 0.3) is 11.5 Å². The molecule has 4 rings (SSSR count). The highest BCUT2D eigenvalue weighted by Crippen LogP contribution is 2.22. The molecule has 0 radical (unpaired) electrons. The van der Waals surface area contributed by atoms with Crippen molar-refractivity contribution in [3.8, 4) is 17.2 Å². The number of anilines is 1. The van der Waals surface area contributed by atoms with Crippen molar-refractivity contribution >= 4 is 11.6 Å². The molecule has 0 atom stereocenters. The van der Waals surface area contributed by atoms with Crippen LogP contribution in [0.5, 0.6) is 5.75 Å². The molecule has 1 aliphatic rings. The minimum atomic E-state index is -0.223. The number of hydrogen-bond acceptors (Lipinski definition) is 6. The summed E-state index contributed by atoms with van der Waals surface area (Å²) in [5.74, 6) is 1.000. The Kier molecular flexibility index (Phi) is 4.74. The van der Waals surface area contributed by atoms with E-state index in [0.717, 1.165) is 30.1 Å². The molecule has 2 aromatic carbocycles. The van der Waals surface area contributed by atoms with Crippen LogP contribution < -0.4 is 9.64 Å². The van der Waals surface area contributed by atoms with Gasteiger partial charge in [-0.2, -0.15) is 0 Å². The van der Waals surface area contributed by atoms with Gasteiger partial charge in [0.05, 0.1) is 7.11 Å². The number of carbonyl (C=O) groups is 1. The van der Waals surface area contributed by atoms with Gasteiger partial charge in [0.25, 0.3) is 0 Å². The lowest BCUT2D eigenvalue weighted by atomic mass is 10.2. The Morgan fingerprint density at radius 2 is 1.67 bits per heavy atom. The van der Waals surface area contributed by atoms with E-state index in [1.54, 1.807) is 12.0 Å². The van der Waals surface area contributed by atoms with Crippen LogP contribution in [0.3, 0.4) is 0 Å². The quantitative estimate of drug-likeness (QED) is 0.709. The van der Waals surface area contributed by atoms with Crippen molar-refractivity contribution in [3.63, 3.8) is 0 Å². The maximum absolute atomic E-state index is 12.7. The Hall–Kier alpha value is -3.35. The van der Waals surface area contributed by atoms with Crippen LogP contribution in [-0.4, -0.2) is 54.3 Å². The molecule has 27 heavy (non-hydrogen) atoms. The summed E-state index contributed by atoms with van der Waals surface area (Å²) < 4.78 is 10.8. The zero-order valence-electron chi connectivity index (χ0n) is 15.0. The molecule has 0 N–H and O–H groups in total. The maximum atomic E-state index is 12.7. The third-order valence-corrected chi connectivity index (χ3v) is 4.63. The van der Waals surface area contributed by atoms with E-state index >= 15 is 0 Å². The fraction of sp³-hybridized carbons (Fsp3) is 0.250. The van der Waals surface area contributed by atoms with Crippen LogP contribution in [0.1, 0.15) is 10.7 Å². The normalized spacial score (nSPS) is 14.3. The molecule has 0 spiro atoms. The van der Waals surface area contributed by atoms with Crippen molar-refractivity contribution in [2.75, 3.05) is 38.2 Å². The summed E-state index contributed by atoms with van der Waals surface area (Å²) in [5, 5.41) is 7.92. The second-order valence-electron chi connectivity index (χ2n) is 6.26. The molecule has 7 heteroatoms.